The molecule has 0 saturated heterocycles. The van der Waals surface area contributed by atoms with Gasteiger partial charge in [-0.05, 0) is 30.6 Å². The molecule has 0 fully saturated rings. The highest BCUT2D eigenvalue weighted by molar-refractivity contribution is 5.41. The molecule has 98 valence electrons. The fourth-order valence-electron chi connectivity index (χ4n) is 2.60. The van der Waals surface area contributed by atoms with Crippen molar-refractivity contribution in [1.82, 2.24) is 0 Å². The Kier molecular flexibility index (Phi) is 4.53. The molecule has 0 heterocycles. The van der Waals surface area contributed by atoms with Gasteiger partial charge < -0.3 is 16.2 Å². The third-order valence-corrected chi connectivity index (χ3v) is 3.49. The van der Waals surface area contributed by atoms with Crippen molar-refractivity contribution in [2.75, 3.05) is 6.61 Å². The summed E-state index contributed by atoms with van der Waals surface area (Å²) in [5.41, 5.74) is 9.83. The number of hydrogen-bond acceptors (Lipinski definition) is 2. The van der Waals surface area contributed by atoms with Gasteiger partial charge >= 0.3 is 0 Å². The quantitative estimate of drug-likeness (QED) is 0.686. The molecule has 0 aromatic carbocycles. The van der Waals surface area contributed by atoms with Crippen molar-refractivity contribution >= 4 is 0 Å². The molecule has 0 radical (unpaired) electrons. The van der Waals surface area contributed by atoms with Crippen LogP contribution in [0.1, 0.15) is 26.2 Å². The van der Waals surface area contributed by atoms with Crippen LogP contribution in [-0.4, -0.2) is 23.8 Å². The Labute approximate surface area is 109 Å². The number of aliphatic hydroxyl groups is 1. The lowest BCUT2D eigenvalue weighted by atomic mass is 9.88. The lowest BCUT2D eigenvalue weighted by molar-refractivity contribution is -0.632. The van der Waals surface area contributed by atoms with Crippen LogP contribution in [0.25, 0.3) is 0 Å². The molecule has 0 saturated carbocycles. The normalized spacial score (nSPS) is 25.3. The molecule has 2 rings (SSSR count). The van der Waals surface area contributed by atoms with E-state index >= 15 is 0 Å². The van der Waals surface area contributed by atoms with Crippen molar-refractivity contribution in [1.29, 1.82) is 0 Å². The summed E-state index contributed by atoms with van der Waals surface area (Å²) >= 11 is 0. The molecule has 3 heteroatoms. The Bertz CT molecular complexity index is 418. The van der Waals surface area contributed by atoms with Gasteiger partial charge in [0.1, 0.15) is 11.7 Å². The van der Waals surface area contributed by atoms with Gasteiger partial charge in [0.05, 0.1) is 12.6 Å². The summed E-state index contributed by atoms with van der Waals surface area (Å²) in [6.07, 6.45) is 14.4. The first kappa shape index (κ1) is 13.3. The van der Waals surface area contributed by atoms with E-state index < -0.39 is 0 Å². The lowest BCUT2D eigenvalue weighted by Gasteiger charge is -2.22. The number of nitrogens with two attached hydrogens (primary N) is 2. The van der Waals surface area contributed by atoms with Crippen LogP contribution >= 0.6 is 0 Å². The zero-order valence-corrected chi connectivity index (χ0v) is 11.0. The maximum atomic E-state index is 8.93. The zero-order chi connectivity index (χ0) is 13.0. The monoisotopic (exact) mass is 247 g/mol. The van der Waals surface area contributed by atoms with Gasteiger partial charge in [-0.3, -0.25) is 0 Å². The minimum Gasteiger partial charge on any atom is -0.394 e. The van der Waals surface area contributed by atoms with E-state index in [0.717, 1.165) is 12.1 Å². The van der Waals surface area contributed by atoms with Crippen LogP contribution in [0.4, 0.5) is 0 Å². The van der Waals surface area contributed by atoms with Gasteiger partial charge in [0.2, 0.25) is 0 Å². The van der Waals surface area contributed by atoms with Crippen molar-refractivity contribution in [3.05, 3.63) is 47.2 Å². The van der Waals surface area contributed by atoms with Crippen LogP contribution < -0.4 is 11.1 Å². The van der Waals surface area contributed by atoms with Crippen molar-refractivity contribution in [2.45, 2.75) is 38.3 Å². The molecule has 0 aliphatic heterocycles. The molecule has 3 nitrogen and oxygen atoms in total. The highest BCUT2D eigenvalue weighted by atomic mass is 16.3. The second-order valence-electron chi connectivity index (χ2n) is 5.15. The van der Waals surface area contributed by atoms with Gasteiger partial charge in [0.15, 0.2) is 0 Å². The number of aliphatic hydroxyl groups excluding tert-OH is 1. The van der Waals surface area contributed by atoms with Crippen molar-refractivity contribution in [3.63, 3.8) is 0 Å². The predicted octanol–water partition coefficient (Wildman–Crippen LogP) is 0.748. The number of quaternary nitrogens is 1. The molecule has 0 aromatic heterocycles. The van der Waals surface area contributed by atoms with E-state index in [1.54, 1.807) is 5.57 Å². The number of allylic oxidation sites excluding steroid dienone is 5. The Balaban J connectivity index is 1.94. The molecular formula is C15H23N2O+. The molecule has 2 unspecified atom stereocenters. The third kappa shape index (κ3) is 3.42. The average molecular weight is 247 g/mol. The fourth-order valence-corrected chi connectivity index (χ4v) is 2.60. The maximum Gasteiger partial charge on any atom is 0.113 e. The first-order valence-electron chi connectivity index (χ1n) is 6.65. The van der Waals surface area contributed by atoms with Crippen LogP contribution in [-0.2, 0) is 0 Å². The third-order valence-electron chi connectivity index (χ3n) is 3.49. The van der Waals surface area contributed by atoms with E-state index in [2.05, 4.69) is 29.6 Å². The highest BCUT2D eigenvalue weighted by Gasteiger charge is 2.19. The highest BCUT2D eigenvalue weighted by Crippen LogP contribution is 2.26. The molecular weight excluding hydrogens is 224 g/mol. The van der Waals surface area contributed by atoms with E-state index in [-0.39, 0.29) is 12.6 Å². The fraction of sp³-hybridized carbons (Fsp3) is 0.467. The largest absolute Gasteiger partial charge is 0.394 e. The first-order chi connectivity index (χ1) is 8.69. The number of hydrogen-bond donors (Lipinski definition) is 3. The van der Waals surface area contributed by atoms with Crippen LogP contribution in [0.15, 0.2) is 47.2 Å². The van der Waals surface area contributed by atoms with Gasteiger partial charge in [0.25, 0.3) is 0 Å². The molecule has 2 aliphatic carbocycles. The topological polar surface area (TPSA) is 62.9 Å². The summed E-state index contributed by atoms with van der Waals surface area (Å²) in [5, 5.41) is 11.2. The van der Waals surface area contributed by atoms with E-state index in [4.69, 9.17) is 10.8 Å². The minimum atomic E-state index is -0.249. The van der Waals surface area contributed by atoms with Crippen LogP contribution in [0.3, 0.4) is 0 Å². The number of rotatable bonds is 4. The predicted molar refractivity (Wildman–Crippen MR) is 73.7 cm³/mol. The SMILES string of the molecule is CC(=CC(N)CO)[NH2+]C1C=CC2=C(CCC=C2)C1. The van der Waals surface area contributed by atoms with Crippen molar-refractivity contribution < 1.29 is 10.4 Å². The van der Waals surface area contributed by atoms with Crippen LogP contribution in [0, 0.1) is 0 Å². The lowest BCUT2D eigenvalue weighted by Crippen LogP contribution is -2.87. The Morgan fingerprint density at radius 1 is 1.61 bits per heavy atom. The van der Waals surface area contributed by atoms with E-state index in [9.17, 15) is 0 Å². The standard InChI is InChI=1S/C15H22N2O/c1-11(8-14(16)10-18)17-15-7-6-12-4-2-3-5-13(12)9-15/h2,4,6-8,14-15,17-18H,3,5,9-10,16H2,1H3/p+1. The van der Waals surface area contributed by atoms with Gasteiger partial charge in [-0.15, -0.1) is 0 Å². The summed E-state index contributed by atoms with van der Waals surface area (Å²) < 4.78 is 0. The van der Waals surface area contributed by atoms with Gasteiger partial charge in [-0.1, -0.05) is 23.8 Å². The second kappa shape index (κ2) is 6.14. The Hall–Kier alpha value is -1.16. The van der Waals surface area contributed by atoms with Crippen molar-refractivity contribution in [2.24, 2.45) is 5.73 Å². The summed E-state index contributed by atoms with van der Waals surface area (Å²) in [5.74, 6) is 0. The van der Waals surface area contributed by atoms with Crippen molar-refractivity contribution in [3.8, 4) is 0 Å². The Morgan fingerprint density at radius 2 is 2.44 bits per heavy atom. The Morgan fingerprint density at radius 3 is 3.22 bits per heavy atom. The maximum absolute atomic E-state index is 8.93. The first-order valence-corrected chi connectivity index (χ1v) is 6.65. The summed E-state index contributed by atoms with van der Waals surface area (Å²) in [7, 11) is 0. The summed E-state index contributed by atoms with van der Waals surface area (Å²) in [6.45, 7) is 2.06. The molecule has 0 aromatic rings. The van der Waals surface area contributed by atoms with Crippen LogP contribution in [0.2, 0.25) is 0 Å². The smallest absolute Gasteiger partial charge is 0.113 e. The summed E-state index contributed by atoms with van der Waals surface area (Å²) in [4.78, 5) is 0. The molecule has 2 aliphatic rings. The molecule has 0 spiro atoms. The average Bonchev–Trinajstić information content (AvgIpc) is 2.38. The van der Waals surface area contributed by atoms with E-state index in [0.29, 0.717) is 6.04 Å². The van der Waals surface area contributed by atoms with Gasteiger partial charge in [-0.2, -0.15) is 0 Å². The molecule has 0 bridgehead atoms. The van der Waals surface area contributed by atoms with Crippen LogP contribution in [0.5, 0.6) is 0 Å². The molecule has 2 atom stereocenters. The zero-order valence-electron chi connectivity index (χ0n) is 11.0. The molecule has 0 amide bonds. The summed E-state index contributed by atoms with van der Waals surface area (Å²) in [6, 6.07) is 0.221. The van der Waals surface area contributed by atoms with E-state index in [1.807, 2.05) is 13.0 Å². The molecule has 18 heavy (non-hydrogen) atoms. The van der Waals surface area contributed by atoms with Gasteiger partial charge in [0, 0.05) is 13.3 Å². The second-order valence-corrected chi connectivity index (χ2v) is 5.15. The molecule has 5 N–H and O–H groups in total. The van der Waals surface area contributed by atoms with E-state index in [1.165, 1.54) is 18.4 Å². The minimum absolute atomic E-state index is 0.00574. The van der Waals surface area contributed by atoms with Gasteiger partial charge in [-0.25, -0.2) is 0 Å².